The van der Waals surface area contributed by atoms with Gasteiger partial charge in [-0.1, -0.05) is 23.7 Å². The van der Waals surface area contributed by atoms with E-state index in [0.717, 1.165) is 24.5 Å². The average Bonchev–Trinajstić information content (AvgIpc) is 2.15. The Balaban J connectivity index is 2.21. The summed E-state index contributed by atoms with van der Waals surface area (Å²) in [6, 6.07) is 8.00. The number of rotatable bonds is 5. The van der Waals surface area contributed by atoms with Gasteiger partial charge in [-0.2, -0.15) is 0 Å². The van der Waals surface area contributed by atoms with Crippen LogP contribution in [0.5, 0.6) is 0 Å². The molecule has 0 aliphatic rings. The zero-order valence-corrected chi connectivity index (χ0v) is 9.55. The van der Waals surface area contributed by atoms with Crippen LogP contribution in [0.1, 0.15) is 25.8 Å². The molecule has 0 fully saturated rings. The molecule has 0 aliphatic heterocycles. The topological polar surface area (TPSA) is 9.23 Å². The van der Waals surface area contributed by atoms with Gasteiger partial charge < -0.3 is 4.74 Å². The van der Waals surface area contributed by atoms with Gasteiger partial charge in [0.15, 0.2) is 0 Å². The van der Waals surface area contributed by atoms with Gasteiger partial charge in [-0.05, 0) is 44.4 Å². The minimum absolute atomic E-state index is 0.334. The maximum atomic E-state index is 5.79. The van der Waals surface area contributed by atoms with E-state index in [-0.39, 0.29) is 0 Å². The summed E-state index contributed by atoms with van der Waals surface area (Å²) in [6.07, 6.45) is 2.46. The lowest BCUT2D eigenvalue weighted by molar-refractivity contribution is 0.0772. The molecular formula is C12H17ClO. The summed E-state index contributed by atoms with van der Waals surface area (Å²) >= 11 is 5.79. The van der Waals surface area contributed by atoms with Crippen molar-refractivity contribution >= 4 is 11.6 Å². The van der Waals surface area contributed by atoms with E-state index >= 15 is 0 Å². The molecule has 1 aromatic carbocycles. The predicted octanol–water partition coefficient (Wildman–Crippen LogP) is 3.70. The van der Waals surface area contributed by atoms with Crippen LogP contribution in [0.15, 0.2) is 24.3 Å². The fourth-order valence-corrected chi connectivity index (χ4v) is 1.37. The SMILES string of the molecule is CC(C)OCCCc1ccc(Cl)cc1. The monoisotopic (exact) mass is 212 g/mol. The van der Waals surface area contributed by atoms with Crippen LogP contribution in [0, 0.1) is 0 Å². The van der Waals surface area contributed by atoms with E-state index in [1.807, 2.05) is 12.1 Å². The first-order valence-electron chi connectivity index (χ1n) is 5.04. The van der Waals surface area contributed by atoms with Crippen LogP contribution >= 0.6 is 11.6 Å². The zero-order chi connectivity index (χ0) is 10.4. The predicted molar refractivity (Wildman–Crippen MR) is 60.9 cm³/mol. The summed E-state index contributed by atoms with van der Waals surface area (Å²) in [4.78, 5) is 0. The van der Waals surface area contributed by atoms with Gasteiger partial charge in [-0.15, -0.1) is 0 Å². The third-order valence-electron chi connectivity index (χ3n) is 1.97. The zero-order valence-electron chi connectivity index (χ0n) is 8.79. The maximum absolute atomic E-state index is 5.79. The molecule has 0 atom stereocenters. The minimum atomic E-state index is 0.334. The molecule has 1 aromatic rings. The van der Waals surface area contributed by atoms with E-state index in [4.69, 9.17) is 16.3 Å². The molecule has 0 aromatic heterocycles. The Hall–Kier alpha value is -0.530. The molecule has 0 radical (unpaired) electrons. The van der Waals surface area contributed by atoms with Crippen molar-refractivity contribution in [2.75, 3.05) is 6.61 Å². The Bertz CT molecular complexity index is 254. The highest BCUT2D eigenvalue weighted by atomic mass is 35.5. The fraction of sp³-hybridized carbons (Fsp3) is 0.500. The van der Waals surface area contributed by atoms with Crippen molar-refractivity contribution in [3.63, 3.8) is 0 Å². The van der Waals surface area contributed by atoms with Crippen molar-refractivity contribution in [3.05, 3.63) is 34.9 Å². The summed E-state index contributed by atoms with van der Waals surface area (Å²) in [5.74, 6) is 0. The number of benzene rings is 1. The van der Waals surface area contributed by atoms with Gasteiger partial charge in [-0.3, -0.25) is 0 Å². The van der Waals surface area contributed by atoms with Crippen LogP contribution < -0.4 is 0 Å². The molecule has 1 rings (SSSR count). The van der Waals surface area contributed by atoms with Crippen molar-refractivity contribution in [2.45, 2.75) is 32.8 Å². The first-order chi connectivity index (χ1) is 6.68. The Morgan fingerprint density at radius 2 is 1.86 bits per heavy atom. The second-order valence-electron chi connectivity index (χ2n) is 3.65. The van der Waals surface area contributed by atoms with Gasteiger partial charge in [-0.25, -0.2) is 0 Å². The lowest BCUT2D eigenvalue weighted by atomic mass is 10.1. The second kappa shape index (κ2) is 6.05. The summed E-state index contributed by atoms with van der Waals surface area (Å²) < 4.78 is 5.46. The number of hydrogen-bond acceptors (Lipinski definition) is 1. The Kier molecular flexibility index (Phi) is 4.99. The van der Waals surface area contributed by atoms with Gasteiger partial charge in [0.05, 0.1) is 6.10 Å². The number of hydrogen-bond donors (Lipinski definition) is 0. The van der Waals surface area contributed by atoms with Crippen molar-refractivity contribution in [3.8, 4) is 0 Å². The van der Waals surface area contributed by atoms with Gasteiger partial charge in [0.1, 0.15) is 0 Å². The highest BCUT2D eigenvalue weighted by Crippen LogP contribution is 2.10. The van der Waals surface area contributed by atoms with E-state index in [2.05, 4.69) is 26.0 Å². The molecule has 0 heterocycles. The molecule has 0 bridgehead atoms. The summed E-state index contributed by atoms with van der Waals surface area (Å²) in [5, 5.41) is 0.798. The maximum Gasteiger partial charge on any atom is 0.0518 e. The van der Waals surface area contributed by atoms with Gasteiger partial charge in [0.25, 0.3) is 0 Å². The largest absolute Gasteiger partial charge is 0.379 e. The first kappa shape index (κ1) is 11.5. The number of halogens is 1. The van der Waals surface area contributed by atoms with Crippen molar-refractivity contribution in [1.82, 2.24) is 0 Å². The molecule has 0 spiro atoms. The van der Waals surface area contributed by atoms with Crippen LogP contribution in [-0.2, 0) is 11.2 Å². The molecule has 2 heteroatoms. The molecular weight excluding hydrogens is 196 g/mol. The Morgan fingerprint density at radius 1 is 1.21 bits per heavy atom. The quantitative estimate of drug-likeness (QED) is 0.677. The van der Waals surface area contributed by atoms with E-state index in [9.17, 15) is 0 Å². The van der Waals surface area contributed by atoms with Crippen molar-refractivity contribution < 1.29 is 4.74 Å². The Morgan fingerprint density at radius 3 is 2.43 bits per heavy atom. The molecule has 78 valence electrons. The van der Waals surface area contributed by atoms with Gasteiger partial charge in [0, 0.05) is 11.6 Å². The van der Waals surface area contributed by atoms with Crippen LogP contribution in [0.3, 0.4) is 0 Å². The molecule has 0 amide bonds. The van der Waals surface area contributed by atoms with E-state index in [0.29, 0.717) is 6.10 Å². The average molecular weight is 213 g/mol. The first-order valence-corrected chi connectivity index (χ1v) is 5.42. The third-order valence-corrected chi connectivity index (χ3v) is 2.23. The second-order valence-corrected chi connectivity index (χ2v) is 4.09. The van der Waals surface area contributed by atoms with E-state index in [1.54, 1.807) is 0 Å². The molecule has 0 saturated carbocycles. The van der Waals surface area contributed by atoms with E-state index < -0.39 is 0 Å². The fourth-order valence-electron chi connectivity index (χ4n) is 1.25. The van der Waals surface area contributed by atoms with E-state index in [1.165, 1.54) is 5.56 Å². The van der Waals surface area contributed by atoms with Crippen molar-refractivity contribution in [2.24, 2.45) is 0 Å². The molecule has 14 heavy (non-hydrogen) atoms. The molecule has 0 unspecified atom stereocenters. The summed E-state index contributed by atoms with van der Waals surface area (Å²) in [5.41, 5.74) is 1.32. The van der Waals surface area contributed by atoms with Crippen LogP contribution in [0.2, 0.25) is 5.02 Å². The minimum Gasteiger partial charge on any atom is -0.379 e. The van der Waals surface area contributed by atoms with Gasteiger partial charge in [0.2, 0.25) is 0 Å². The molecule has 0 N–H and O–H groups in total. The highest BCUT2D eigenvalue weighted by molar-refractivity contribution is 6.30. The standard InChI is InChI=1S/C12H17ClO/c1-10(2)14-9-3-4-11-5-7-12(13)8-6-11/h5-8,10H,3-4,9H2,1-2H3. The lowest BCUT2D eigenvalue weighted by Gasteiger charge is -2.06. The van der Waals surface area contributed by atoms with Crippen LogP contribution in [0.4, 0.5) is 0 Å². The van der Waals surface area contributed by atoms with Crippen LogP contribution in [-0.4, -0.2) is 12.7 Å². The smallest absolute Gasteiger partial charge is 0.0518 e. The molecule has 0 aliphatic carbocycles. The normalized spacial score (nSPS) is 10.9. The number of ether oxygens (including phenoxy) is 1. The highest BCUT2D eigenvalue weighted by Gasteiger charge is 1.95. The Labute approximate surface area is 91.0 Å². The molecule has 0 saturated heterocycles. The summed E-state index contributed by atoms with van der Waals surface area (Å²) in [7, 11) is 0. The summed E-state index contributed by atoms with van der Waals surface area (Å²) in [6.45, 7) is 4.95. The molecule has 1 nitrogen and oxygen atoms in total. The van der Waals surface area contributed by atoms with Crippen molar-refractivity contribution in [1.29, 1.82) is 0 Å². The number of aryl methyl sites for hydroxylation is 1. The third kappa shape index (κ3) is 4.64. The lowest BCUT2D eigenvalue weighted by Crippen LogP contribution is -2.04. The van der Waals surface area contributed by atoms with Crippen LogP contribution in [0.25, 0.3) is 0 Å². The van der Waals surface area contributed by atoms with Gasteiger partial charge >= 0.3 is 0 Å².